The highest BCUT2D eigenvalue weighted by Crippen LogP contribution is 2.11. The first-order valence-corrected chi connectivity index (χ1v) is 5.79. The number of ether oxygens (including phenoxy) is 1. The second kappa shape index (κ2) is 6.51. The van der Waals surface area contributed by atoms with Crippen molar-refractivity contribution in [3.63, 3.8) is 0 Å². The minimum atomic E-state index is -0.995. The first kappa shape index (κ1) is 15.8. The Kier molecular flexibility index (Phi) is 6.04. The molecule has 4 nitrogen and oxygen atoms in total. The summed E-state index contributed by atoms with van der Waals surface area (Å²) in [6, 6.07) is -0.477. The lowest BCUT2D eigenvalue weighted by atomic mass is 10.00. The number of rotatable bonds is 4. The lowest BCUT2D eigenvalue weighted by molar-refractivity contribution is 0.0447. The van der Waals surface area contributed by atoms with Crippen molar-refractivity contribution in [1.82, 2.24) is 5.32 Å². The van der Waals surface area contributed by atoms with Gasteiger partial charge in [0.15, 0.2) is 0 Å². The molecule has 4 heteroatoms. The van der Waals surface area contributed by atoms with Crippen molar-refractivity contribution >= 4 is 6.09 Å². The van der Waals surface area contributed by atoms with Crippen LogP contribution in [0, 0.1) is 18.3 Å². The number of aliphatic hydroxyl groups excluding tert-OH is 1. The van der Waals surface area contributed by atoms with Gasteiger partial charge in [-0.15, -0.1) is 6.42 Å². The zero-order valence-corrected chi connectivity index (χ0v) is 11.3. The Balaban J connectivity index is 4.44. The van der Waals surface area contributed by atoms with E-state index in [0.29, 0.717) is 12.3 Å². The highest BCUT2D eigenvalue weighted by Gasteiger charge is 2.24. The van der Waals surface area contributed by atoms with Crippen LogP contribution in [0.15, 0.2) is 0 Å². The fourth-order valence-electron chi connectivity index (χ4n) is 1.35. The molecule has 2 atom stereocenters. The summed E-state index contributed by atoms with van der Waals surface area (Å²) in [5, 5.41) is 12.2. The number of carbonyl (C=O) groups is 1. The zero-order chi connectivity index (χ0) is 13.6. The molecule has 0 aliphatic rings. The number of amides is 1. The molecule has 0 saturated carbocycles. The average Bonchev–Trinajstić information content (AvgIpc) is 2.11. The van der Waals surface area contributed by atoms with Gasteiger partial charge in [-0.3, -0.25) is 0 Å². The van der Waals surface area contributed by atoms with Crippen molar-refractivity contribution in [1.29, 1.82) is 0 Å². The van der Waals surface area contributed by atoms with E-state index in [9.17, 15) is 9.90 Å². The minimum absolute atomic E-state index is 0.318. The Hall–Kier alpha value is -1.21. The number of carbonyl (C=O) groups excluding carboxylic acids is 1. The van der Waals surface area contributed by atoms with Gasteiger partial charge in [-0.1, -0.05) is 19.8 Å². The van der Waals surface area contributed by atoms with Crippen LogP contribution in [0.25, 0.3) is 0 Å². The van der Waals surface area contributed by atoms with E-state index in [1.165, 1.54) is 0 Å². The summed E-state index contributed by atoms with van der Waals surface area (Å²) in [6.45, 7) is 9.32. The van der Waals surface area contributed by atoms with Crippen LogP contribution in [0.5, 0.6) is 0 Å². The summed E-state index contributed by atoms with van der Waals surface area (Å²) in [5.41, 5.74) is -0.562. The second-order valence-corrected chi connectivity index (χ2v) is 5.49. The van der Waals surface area contributed by atoms with Crippen LogP contribution in [0.4, 0.5) is 4.79 Å². The number of hydrogen-bond acceptors (Lipinski definition) is 3. The Bertz CT molecular complexity index is 286. The topological polar surface area (TPSA) is 58.6 Å². The lowest BCUT2D eigenvalue weighted by Gasteiger charge is -2.25. The van der Waals surface area contributed by atoms with E-state index in [1.807, 2.05) is 13.8 Å². The maximum absolute atomic E-state index is 11.6. The van der Waals surface area contributed by atoms with E-state index < -0.39 is 23.8 Å². The van der Waals surface area contributed by atoms with Gasteiger partial charge in [0.2, 0.25) is 0 Å². The Morgan fingerprint density at radius 1 is 1.47 bits per heavy atom. The summed E-state index contributed by atoms with van der Waals surface area (Å²) >= 11 is 0. The molecule has 0 fully saturated rings. The number of aliphatic hydroxyl groups is 1. The van der Waals surface area contributed by atoms with Gasteiger partial charge >= 0.3 is 6.09 Å². The molecule has 98 valence electrons. The van der Waals surface area contributed by atoms with Gasteiger partial charge in [0.1, 0.15) is 11.7 Å². The summed E-state index contributed by atoms with van der Waals surface area (Å²) in [6.07, 6.45) is 4.21. The van der Waals surface area contributed by atoms with Crippen LogP contribution < -0.4 is 5.32 Å². The zero-order valence-electron chi connectivity index (χ0n) is 11.3. The highest BCUT2D eigenvalue weighted by atomic mass is 16.6. The van der Waals surface area contributed by atoms with Gasteiger partial charge in [0.25, 0.3) is 0 Å². The van der Waals surface area contributed by atoms with Crippen molar-refractivity contribution in [3.05, 3.63) is 0 Å². The summed E-state index contributed by atoms with van der Waals surface area (Å²) in [5.74, 6) is 2.54. The SMILES string of the molecule is C#C[C@@H](O)[C@H](CC(C)C)NC(=O)OC(C)(C)C. The molecule has 0 aliphatic heterocycles. The fourth-order valence-corrected chi connectivity index (χ4v) is 1.35. The van der Waals surface area contributed by atoms with E-state index in [2.05, 4.69) is 11.2 Å². The van der Waals surface area contributed by atoms with Gasteiger partial charge in [0, 0.05) is 0 Å². The maximum atomic E-state index is 11.6. The molecule has 0 bridgehead atoms. The first-order chi connectivity index (χ1) is 7.65. The van der Waals surface area contributed by atoms with E-state index >= 15 is 0 Å². The number of nitrogens with one attached hydrogen (secondary N) is 1. The van der Waals surface area contributed by atoms with Crippen LogP contribution in [0.3, 0.4) is 0 Å². The largest absolute Gasteiger partial charge is 0.444 e. The fraction of sp³-hybridized carbons (Fsp3) is 0.769. The molecular formula is C13H23NO3. The maximum Gasteiger partial charge on any atom is 0.407 e. The minimum Gasteiger partial charge on any atom is -0.444 e. The van der Waals surface area contributed by atoms with Gasteiger partial charge in [-0.25, -0.2) is 4.79 Å². The quantitative estimate of drug-likeness (QED) is 0.739. The predicted octanol–water partition coefficient (Wildman–Crippen LogP) is 1.92. The van der Waals surface area contributed by atoms with Crippen molar-refractivity contribution in [3.8, 4) is 12.3 Å². The van der Waals surface area contributed by atoms with Gasteiger partial charge < -0.3 is 15.2 Å². The molecule has 0 aromatic heterocycles. The molecule has 0 aromatic rings. The number of terminal acetylenes is 1. The molecule has 0 unspecified atom stereocenters. The smallest absolute Gasteiger partial charge is 0.407 e. The van der Waals surface area contributed by atoms with Crippen LogP contribution >= 0.6 is 0 Å². The molecule has 1 amide bonds. The molecule has 0 aliphatic carbocycles. The Labute approximate surface area is 104 Å². The van der Waals surface area contributed by atoms with Crippen LogP contribution in [0.1, 0.15) is 41.0 Å². The molecule has 0 heterocycles. The molecule has 0 radical (unpaired) electrons. The normalized spacial score (nSPS) is 14.9. The first-order valence-electron chi connectivity index (χ1n) is 5.79. The summed E-state index contributed by atoms with van der Waals surface area (Å²) in [4.78, 5) is 11.6. The van der Waals surface area contributed by atoms with Crippen molar-refractivity contribution < 1.29 is 14.6 Å². The van der Waals surface area contributed by atoms with E-state index in [-0.39, 0.29) is 0 Å². The van der Waals surface area contributed by atoms with Crippen LogP contribution in [-0.2, 0) is 4.74 Å². The lowest BCUT2D eigenvalue weighted by Crippen LogP contribution is -2.45. The van der Waals surface area contributed by atoms with Gasteiger partial charge in [-0.05, 0) is 33.1 Å². The Morgan fingerprint density at radius 2 is 2.00 bits per heavy atom. The van der Waals surface area contributed by atoms with Gasteiger partial charge in [0.05, 0.1) is 6.04 Å². The van der Waals surface area contributed by atoms with E-state index in [4.69, 9.17) is 11.2 Å². The van der Waals surface area contributed by atoms with Crippen LogP contribution in [-0.4, -0.2) is 28.9 Å². The summed E-state index contributed by atoms with van der Waals surface area (Å²) < 4.78 is 5.11. The third kappa shape index (κ3) is 7.64. The van der Waals surface area contributed by atoms with E-state index in [0.717, 1.165) is 0 Å². The van der Waals surface area contributed by atoms with E-state index in [1.54, 1.807) is 20.8 Å². The average molecular weight is 241 g/mol. The van der Waals surface area contributed by atoms with Crippen molar-refractivity contribution in [2.75, 3.05) is 0 Å². The molecule has 0 saturated heterocycles. The van der Waals surface area contributed by atoms with Gasteiger partial charge in [-0.2, -0.15) is 0 Å². The van der Waals surface area contributed by atoms with Crippen LogP contribution in [0.2, 0.25) is 0 Å². The molecule has 0 rings (SSSR count). The predicted molar refractivity (Wildman–Crippen MR) is 67.5 cm³/mol. The molecular weight excluding hydrogens is 218 g/mol. The number of hydrogen-bond donors (Lipinski definition) is 2. The Morgan fingerprint density at radius 3 is 2.35 bits per heavy atom. The summed E-state index contributed by atoms with van der Waals surface area (Å²) in [7, 11) is 0. The van der Waals surface area contributed by atoms with Crippen molar-refractivity contribution in [2.24, 2.45) is 5.92 Å². The molecule has 0 spiro atoms. The molecule has 2 N–H and O–H groups in total. The second-order valence-electron chi connectivity index (χ2n) is 5.49. The monoisotopic (exact) mass is 241 g/mol. The highest BCUT2D eigenvalue weighted by molar-refractivity contribution is 5.68. The standard InChI is InChI=1S/C13H23NO3/c1-7-11(15)10(8-9(2)3)14-12(16)17-13(4,5)6/h1,9-11,15H,8H2,2-6H3,(H,14,16)/t10-,11+/m0/s1. The number of alkyl carbamates (subject to hydrolysis) is 1. The molecule has 17 heavy (non-hydrogen) atoms. The van der Waals surface area contributed by atoms with Crippen molar-refractivity contribution in [2.45, 2.75) is 58.8 Å². The molecule has 0 aromatic carbocycles. The third-order valence-corrected chi connectivity index (χ3v) is 1.98. The third-order valence-electron chi connectivity index (χ3n) is 1.98.